The van der Waals surface area contributed by atoms with E-state index in [-0.39, 0.29) is 25.1 Å². The zero-order valence-corrected chi connectivity index (χ0v) is 14.3. The summed E-state index contributed by atoms with van der Waals surface area (Å²) in [5, 5.41) is 2.81. The highest BCUT2D eigenvalue weighted by Gasteiger charge is 2.14. The van der Waals surface area contributed by atoms with Crippen LogP contribution in [0.4, 0.5) is 4.39 Å². The third-order valence-electron chi connectivity index (χ3n) is 4.03. The second-order valence-corrected chi connectivity index (χ2v) is 6.22. The van der Waals surface area contributed by atoms with Crippen molar-refractivity contribution in [3.8, 4) is 11.5 Å². The Bertz CT molecular complexity index is 779. The Hall–Kier alpha value is -2.60. The molecule has 0 atom stereocenters. The van der Waals surface area contributed by atoms with Crippen molar-refractivity contribution >= 4 is 5.91 Å². The van der Waals surface area contributed by atoms with Crippen molar-refractivity contribution in [2.24, 2.45) is 0 Å². The van der Waals surface area contributed by atoms with Crippen LogP contribution in [0.25, 0.3) is 0 Å². The van der Waals surface area contributed by atoms with Crippen molar-refractivity contribution in [2.45, 2.75) is 20.0 Å². The summed E-state index contributed by atoms with van der Waals surface area (Å²) in [7, 11) is 1.87. The Balaban J connectivity index is 1.48. The Morgan fingerprint density at radius 1 is 1.16 bits per heavy atom. The summed E-state index contributed by atoms with van der Waals surface area (Å²) in [5.74, 6) is 1.11. The topological polar surface area (TPSA) is 50.8 Å². The van der Waals surface area contributed by atoms with Gasteiger partial charge in [0.1, 0.15) is 5.82 Å². The van der Waals surface area contributed by atoms with Crippen molar-refractivity contribution in [1.82, 2.24) is 10.2 Å². The van der Waals surface area contributed by atoms with E-state index >= 15 is 0 Å². The summed E-state index contributed by atoms with van der Waals surface area (Å²) in [6.45, 7) is 3.14. The molecule has 132 valence electrons. The van der Waals surface area contributed by atoms with E-state index in [9.17, 15) is 9.18 Å². The number of fused-ring (bicyclic) bond motifs is 1. The first-order valence-electron chi connectivity index (χ1n) is 8.10. The number of halogens is 1. The first-order chi connectivity index (χ1) is 12.0. The molecule has 0 bridgehead atoms. The molecule has 1 N–H and O–H groups in total. The molecule has 0 saturated carbocycles. The lowest BCUT2D eigenvalue weighted by Gasteiger charge is -2.16. The highest BCUT2D eigenvalue weighted by atomic mass is 19.1. The van der Waals surface area contributed by atoms with Gasteiger partial charge in [-0.05, 0) is 48.9 Å². The molecule has 0 radical (unpaired) electrons. The lowest BCUT2D eigenvalue weighted by atomic mass is 10.1. The van der Waals surface area contributed by atoms with Gasteiger partial charge in [-0.3, -0.25) is 9.69 Å². The van der Waals surface area contributed by atoms with E-state index in [2.05, 4.69) is 5.32 Å². The molecule has 2 aromatic rings. The fourth-order valence-electron chi connectivity index (χ4n) is 2.65. The predicted molar refractivity (Wildman–Crippen MR) is 91.9 cm³/mol. The van der Waals surface area contributed by atoms with Gasteiger partial charge in [0.05, 0.1) is 6.54 Å². The number of carbonyl (C=O) groups excluding carboxylic acids is 1. The Morgan fingerprint density at radius 3 is 2.72 bits per heavy atom. The van der Waals surface area contributed by atoms with E-state index in [0.29, 0.717) is 18.7 Å². The average Bonchev–Trinajstić information content (AvgIpc) is 3.03. The van der Waals surface area contributed by atoms with Crippen molar-refractivity contribution in [3.63, 3.8) is 0 Å². The number of ether oxygens (including phenoxy) is 2. The molecule has 1 amide bonds. The summed E-state index contributed by atoms with van der Waals surface area (Å²) < 4.78 is 24.2. The van der Waals surface area contributed by atoms with Crippen LogP contribution in [0, 0.1) is 12.7 Å². The number of aryl methyl sites for hydroxylation is 1. The summed E-state index contributed by atoms with van der Waals surface area (Å²) in [5.41, 5.74) is 2.38. The van der Waals surface area contributed by atoms with Gasteiger partial charge in [0, 0.05) is 13.1 Å². The van der Waals surface area contributed by atoms with Gasteiger partial charge in [0.2, 0.25) is 12.7 Å². The van der Waals surface area contributed by atoms with Crippen molar-refractivity contribution in [2.75, 3.05) is 20.4 Å². The number of amides is 1. The van der Waals surface area contributed by atoms with Gasteiger partial charge in [-0.25, -0.2) is 4.39 Å². The lowest BCUT2D eigenvalue weighted by Crippen LogP contribution is -2.34. The fraction of sp³-hybridized carbons (Fsp3) is 0.316. The normalized spacial score (nSPS) is 12.5. The molecule has 1 aliphatic heterocycles. The van der Waals surface area contributed by atoms with Crippen LogP contribution in [0.3, 0.4) is 0 Å². The molecule has 1 aliphatic rings. The molecule has 0 spiro atoms. The largest absolute Gasteiger partial charge is 0.454 e. The van der Waals surface area contributed by atoms with Crippen LogP contribution in [0.15, 0.2) is 36.4 Å². The van der Waals surface area contributed by atoms with Crippen LogP contribution in [-0.4, -0.2) is 31.2 Å². The number of likely N-dealkylation sites (N-methyl/N-ethyl adjacent to an activating group) is 1. The Morgan fingerprint density at radius 2 is 1.92 bits per heavy atom. The van der Waals surface area contributed by atoms with E-state index < -0.39 is 0 Å². The van der Waals surface area contributed by atoms with E-state index in [4.69, 9.17) is 9.47 Å². The number of hydrogen-bond acceptors (Lipinski definition) is 4. The van der Waals surface area contributed by atoms with Crippen LogP contribution >= 0.6 is 0 Å². The molecule has 0 aromatic heterocycles. The third kappa shape index (κ3) is 4.48. The first kappa shape index (κ1) is 17.2. The minimum atomic E-state index is -0.258. The highest BCUT2D eigenvalue weighted by Crippen LogP contribution is 2.32. The zero-order chi connectivity index (χ0) is 17.8. The van der Waals surface area contributed by atoms with Gasteiger partial charge >= 0.3 is 0 Å². The molecule has 0 saturated heterocycles. The SMILES string of the molecule is Cc1ccc(CNC(=O)CN(C)Cc2ccc3c(c2)OCO3)cc1F. The molecule has 1 heterocycles. The maximum absolute atomic E-state index is 13.5. The van der Waals surface area contributed by atoms with Crippen LogP contribution in [0.2, 0.25) is 0 Å². The zero-order valence-electron chi connectivity index (χ0n) is 14.3. The van der Waals surface area contributed by atoms with Crippen molar-refractivity contribution in [3.05, 3.63) is 58.9 Å². The second-order valence-electron chi connectivity index (χ2n) is 6.22. The maximum Gasteiger partial charge on any atom is 0.234 e. The summed E-state index contributed by atoms with van der Waals surface area (Å²) >= 11 is 0. The first-order valence-corrected chi connectivity index (χ1v) is 8.10. The standard InChI is InChI=1S/C19H21FN2O3/c1-13-3-4-14(7-16(13)20)9-21-19(23)11-22(2)10-15-5-6-17-18(8-15)25-12-24-17/h3-8H,9-12H2,1-2H3,(H,21,23). The minimum Gasteiger partial charge on any atom is -0.454 e. The summed E-state index contributed by atoms with van der Waals surface area (Å²) in [6.07, 6.45) is 0. The highest BCUT2D eigenvalue weighted by molar-refractivity contribution is 5.77. The molecule has 0 fully saturated rings. The van der Waals surface area contributed by atoms with Gasteiger partial charge in [0.25, 0.3) is 0 Å². The number of carbonyl (C=O) groups is 1. The Labute approximate surface area is 146 Å². The molecule has 6 heteroatoms. The molecule has 2 aromatic carbocycles. The number of rotatable bonds is 6. The molecular weight excluding hydrogens is 323 g/mol. The van der Waals surface area contributed by atoms with Gasteiger partial charge in [0.15, 0.2) is 11.5 Å². The van der Waals surface area contributed by atoms with E-state index in [1.165, 1.54) is 6.07 Å². The number of nitrogens with one attached hydrogen (secondary N) is 1. The average molecular weight is 344 g/mol. The van der Waals surface area contributed by atoms with Gasteiger partial charge in [-0.1, -0.05) is 18.2 Å². The van der Waals surface area contributed by atoms with E-state index in [1.807, 2.05) is 36.2 Å². The molecule has 0 unspecified atom stereocenters. The van der Waals surface area contributed by atoms with Crippen LogP contribution in [0.5, 0.6) is 11.5 Å². The van der Waals surface area contributed by atoms with Crippen LogP contribution in [0.1, 0.15) is 16.7 Å². The van der Waals surface area contributed by atoms with Crippen molar-refractivity contribution in [1.29, 1.82) is 0 Å². The van der Waals surface area contributed by atoms with Crippen LogP contribution in [-0.2, 0) is 17.9 Å². The molecular formula is C19H21FN2O3. The number of benzene rings is 2. The second kappa shape index (κ2) is 7.53. The van der Waals surface area contributed by atoms with Gasteiger partial charge < -0.3 is 14.8 Å². The third-order valence-corrected chi connectivity index (χ3v) is 4.03. The molecule has 0 aliphatic carbocycles. The van der Waals surface area contributed by atoms with Gasteiger partial charge in [-0.15, -0.1) is 0 Å². The maximum atomic E-state index is 13.5. The van der Waals surface area contributed by atoms with Crippen LogP contribution < -0.4 is 14.8 Å². The molecule has 25 heavy (non-hydrogen) atoms. The lowest BCUT2D eigenvalue weighted by molar-refractivity contribution is -0.122. The smallest absolute Gasteiger partial charge is 0.234 e. The van der Waals surface area contributed by atoms with E-state index in [1.54, 1.807) is 13.0 Å². The molecule has 3 rings (SSSR count). The van der Waals surface area contributed by atoms with E-state index in [0.717, 1.165) is 22.6 Å². The Kier molecular flexibility index (Phi) is 5.19. The van der Waals surface area contributed by atoms with Crippen molar-refractivity contribution < 1.29 is 18.7 Å². The molecule has 5 nitrogen and oxygen atoms in total. The monoisotopic (exact) mass is 344 g/mol. The number of hydrogen-bond donors (Lipinski definition) is 1. The number of nitrogens with zero attached hydrogens (tertiary/aromatic N) is 1. The summed E-state index contributed by atoms with van der Waals surface area (Å²) in [6, 6.07) is 10.7. The fourth-order valence-corrected chi connectivity index (χ4v) is 2.65. The predicted octanol–water partition coefficient (Wildman–Crippen LogP) is 2.61. The summed E-state index contributed by atoms with van der Waals surface area (Å²) in [4.78, 5) is 14.0. The quantitative estimate of drug-likeness (QED) is 0.875. The van der Waals surface area contributed by atoms with Gasteiger partial charge in [-0.2, -0.15) is 0 Å². The minimum absolute atomic E-state index is 0.107.